The summed E-state index contributed by atoms with van der Waals surface area (Å²) in [5, 5.41) is 0. The minimum Gasteiger partial charge on any atom is -0.332 e. The molecule has 1 rings (SSSR count). The van der Waals surface area contributed by atoms with Gasteiger partial charge in [0, 0.05) is 11.1 Å². The second-order valence-corrected chi connectivity index (χ2v) is 20.5. The molecule has 2 nitrogen and oxygen atoms in total. The molecule has 1 fully saturated rings. The smallest absolute Gasteiger partial charge is 0.123 e. The van der Waals surface area contributed by atoms with Gasteiger partial charge in [0.1, 0.15) is 16.5 Å². The van der Waals surface area contributed by atoms with Crippen LogP contribution >= 0.6 is 0 Å². The molecule has 0 aromatic rings. The zero-order chi connectivity index (χ0) is 19.3. The van der Waals surface area contributed by atoms with Gasteiger partial charge in [-0.15, -0.1) is 0 Å². The van der Waals surface area contributed by atoms with Gasteiger partial charge >= 0.3 is 0 Å². The van der Waals surface area contributed by atoms with Crippen LogP contribution < -0.4 is 9.96 Å². The van der Waals surface area contributed by atoms with Gasteiger partial charge in [-0.2, -0.15) is 0 Å². The Hall–Kier alpha value is 0.354. The van der Waals surface area contributed by atoms with E-state index in [1.54, 1.807) is 0 Å². The summed E-state index contributed by atoms with van der Waals surface area (Å²) in [5.41, 5.74) is 2.10. The van der Waals surface area contributed by atoms with Crippen molar-refractivity contribution in [2.75, 3.05) is 0 Å². The van der Waals surface area contributed by atoms with E-state index in [1.807, 2.05) is 0 Å². The molecule has 4 atom stereocenters. The molecular weight excluding hydrogens is 324 g/mol. The van der Waals surface area contributed by atoms with Gasteiger partial charge in [0.05, 0.1) is 0 Å². The Labute approximate surface area is 155 Å². The van der Waals surface area contributed by atoms with E-state index in [0.29, 0.717) is 0 Å². The van der Waals surface area contributed by atoms with Crippen LogP contribution in [-0.4, -0.2) is 27.5 Å². The molecular formula is C20H46N2Si2. The molecule has 1 saturated carbocycles. The Bertz CT molecular complexity index is 392. The van der Waals surface area contributed by atoms with Crippen molar-refractivity contribution in [2.24, 2.45) is 17.8 Å². The first-order valence-corrected chi connectivity index (χ1v) is 16.1. The highest BCUT2D eigenvalue weighted by molar-refractivity contribution is 6.82. The molecule has 1 aliphatic carbocycles. The van der Waals surface area contributed by atoms with Crippen LogP contribution in [0.15, 0.2) is 0 Å². The Kier molecular flexibility index (Phi) is 6.37. The van der Waals surface area contributed by atoms with E-state index in [4.69, 9.17) is 0 Å². The molecule has 0 heterocycles. The molecule has 0 aromatic carbocycles. The minimum absolute atomic E-state index is 0.207. The molecule has 0 spiro atoms. The lowest BCUT2D eigenvalue weighted by Gasteiger charge is -2.48. The maximum atomic E-state index is 4.11. The number of hydrogen-bond donors (Lipinski definition) is 2. The fraction of sp³-hybridized carbons (Fsp3) is 1.00. The van der Waals surface area contributed by atoms with Gasteiger partial charge in [-0.1, -0.05) is 47.0 Å². The van der Waals surface area contributed by atoms with Gasteiger partial charge in [-0.25, -0.2) is 0 Å². The van der Waals surface area contributed by atoms with Crippen LogP contribution in [0, 0.1) is 17.8 Å². The average Bonchev–Trinajstić information content (AvgIpc) is 2.48. The van der Waals surface area contributed by atoms with E-state index in [0.717, 1.165) is 28.8 Å². The van der Waals surface area contributed by atoms with Gasteiger partial charge in [-0.05, 0) is 70.4 Å². The summed E-state index contributed by atoms with van der Waals surface area (Å²) in [6.45, 7) is 31.9. The monoisotopic (exact) mass is 370 g/mol. The van der Waals surface area contributed by atoms with Crippen molar-refractivity contribution in [1.82, 2.24) is 9.96 Å². The second kappa shape index (κ2) is 6.82. The van der Waals surface area contributed by atoms with Crippen LogP contribution in [0.4, 0.5) is 0 Å². The molecule has 0 radical (unpaired) electrons. The lowest BCUT2D eigenvalue weighted by Crippen LogP contribution is -2.63. The van der Waals surface area contributed by atoms with Gasteiger partial charge < -0.3 is 9.96 Å². The first-order valence-electron chi connectivity index (χ1n) is 9.98. The predicted octanol–water partition coefficient (Wildman–Crippen LogP) is 5.84. The summed E-state index contributed by atoms with van der Waals surface area (Å²) in [7, 11) is -3.11. The van der Waals surface area contributed by atoms with Gasteiger partial charge in [0.2, 0.25) is 0 Å². The fourth-order valence-electron chi connectivity index (χ4n) is 6.10. The summed E-state index contributed by atoms with van der Waals surface area (Å²) < 4.78 is 0. The molecule has 24 heavy (non-hydrogen) atoms. The van der Waals surface area contributed by atoms with Crippen molar-refractivity contribution in [1.29, 1.82) is 0 Å². The van der Waals surface area contributed by atoms with Gasteiger partial charge in [0.25, 0.3) is 0 Å². The third kappa shape index (κ3) is 5.18. The summed E-state index contributed by atoms with van der Waals surface area (Å²) in [4.78, 5) is 8.21. The van der Waals surface area contributed by atoms with E-state index in [2.05, 4.69) is 98.5 Å². The first-order chi connectivity index (χ1) is 10.4. The van der Waals surface area contributed by atoms with Crippen LogP contribution in [0.2, 0.25) is 37.3 Å². The lowest BCUT2D eigenvalue weighted by atomic mass is 9.94. The summed E-state index contributed by atoms with van der Waals surface area (Å²) in [5.74, 6) is 2.45. The Balaban J connectivity index is 3.28. The standard InChI is InChI=1S/C20H46N2Si2/c1-14-15(2)17(23(10,11)21-19(4,5)6)18(16(14)3)24(12,13)22-20(7,8)9/h14-18,21-22H,1-13H3. The quantitative estimate of drug-likeness (QED) is 0.608. The summed E-state index contributed by atoms with van der Waals surface area (Å²) in [6.07, 6.45) is 0. The Morgan fingerprint density at radius 2 is 0.792 bits per heavy atom. The van der Waals surface area contributed by atoms with Crippen LogP contribution in [0.5, 0.6) is 0 Å². The number of hydrogen-bond acceptors (Lipinski definition) is 2. The maximum absolute atomic E-state index is 4.11. The molecule has 0 aliphatic heterocycles. The molecule has 144 valence electrons. The molecule has 2 N–H and O–H groups in total. The predicted molar refractivity (Wildman–Crippen MR) is 116 cm³/mol. The van der Waals surface area contributed by atoms with Crippen LogP contribution in [-0.2, 0) is 0 Å². The molecule has 4 unspecified atom stereocenters. The number of rotatable bonds is 4. The summed E-state index contributed by atoms with van der Waals surface area (Å²) >= 11 is 0. The van der Waals surface area contributed by atoms with E-state index in [1.165, 1.54) is 0 Å². The highest BCUT2D eigenvalue weighted by atomic mass is 28.3. The molecule has 0 bridgehead atoms. The molecule has 0 amide bonds. The Morgan fingerprint density at radius 3 is 1.00 bits per heavy atom. The highest BCUT2D eigenvalue weighted by Crippen LogP contribution is 2.60. The maximum Gasteiger partial charge on any atom is 0.123 e. The van der Waals surface area contributed by atoms with E-state index in [-0.39, 0.29) is 11.1 Å². The minimum atomic E-state index is -1.56. The zero-order valence-corrected chi connectivity index (χ0v) is 20.9. The van der Waals surface area contributed by atoms with Crippen molar-refractivity contribution in [3.8, 4) is 0 Å². The normalized spacial score (nSPS) is 33.1. The second-order valence-electron chi connectivity index (χ2n) is 11.8. The molecule has 1 aliphatic rings. The van der Waals surface area contributed by atoms with Crippen molar-refractivity contribution < 1.29 is 0 Å². The fourth-order valence-corrected chi connectivity index (χ4v) is 18.4. The van der Waals surface area contributed by atoms with Gasteiger partial charge in [0.15, 0.2) is 0 Å². The van der Waals surface area contributed by atoms with Crippen molar-refractivity contribution in [3.05, 3.63) is 0 Å². The highest BCUT2D eigenvalue weighted by Gasteiger charge is 2.57. The lowest BCUT2D eigenvalue weighted by molar-refractivity contribution is 0.374. The summed E-state index contributed by atoms with van der Waals surface area (Å²) in [6, 6.07) is 0. The van der Waals surface area contributed by atoms with Crippen LogP contribution in [0.25, 0.3) is 0 Å². The third-order valence-electron chi connectivity index (χ3n) is 6.24. The van der Waals surface area contributed by atoms with Crippen LogP contribution in [0.1, 0.15) is 62.3 Å². The van der Waals surface area contributed by atoms with Crippen molar-refractivity contribution in [3.63, 3.8) is 0 Å². The van der Waals surface area contributed by atoms with E-state index in [9.17, 15) is 0 Å². The Morgan fingerprint density at radius 1 is 0.542 bits per heavy atom. The zero-order valence-electron chi connectivity index (χ0n) is 18.9. The van der Waals surface area contributed by atoms with Crippen molar-refractivity contribution >= 4 is 16.5 Å². The third-order valence-corrected chi connectivity index (χ3v) is 14.5. The topological polar surface area (TPSA) is 24.1 Å². The molecule has 4 heteroatoms. The SMILES string of the molecule is CC1C(C)C([Si](C)(C)NC(C)(C)C)C([Si](C)(C)NC(C)(C)C)C1C. The average molecular weight is 371 g/mol. The van der Waals surface area contributed by atoms with E-state index >= 15 is 0 Å². The molecule has 0 saturated heterocycles. The van der Waals surface area contributed by atoms with Gasteiger partial charge in [-0.3, -0.25) is 0 Å². The largest absolute Gasteiger partial charge is 0.332 e. The molecule has 0 aromatic heterocycles. The van der Waals surface area contributed by atoms with Crippen molar-refractivity contribution in [2.45, 2.75) is 111 Å². The first kappa shape index (κ1) is 22.4. The van der Waals surface area contributed by atoms with E-state index < -0.39 is 16.5 Å². The van der Waals surface area contributed by atoms with Crippen LogP contribution in [0.3, 0.4) is 0 Å². The number of nitrogens with one attached hydrogen (secondary N) is 2.